The summed E-state index contributed by atoms with van der Waals surface area (Å²) in [5, 5.41) is 3.66. The van der Waals surface area contributed by atoms with Crippen LogP contribution in [0.25, 0.3) is 0 Å². The Kier molecular flexibility index (Phi) is 4.90. The minimum atomic E-state index is 0.461. The van der Waals surface area contributed by atoms with Gasteiger partial charge in [0.1, 0.15) is 0 Å². The van der Waals surface area contributed by atoms with Gasteiger partial charge in [-0.05, 0) is 57.1 Å². The number of aryl methyl sites for hydroxylation is 2. The van der Waals surface area contributed by atoms with Crippen molar-refractivity contribution in [2.45, 2.75) is 65.8 Å². The number of nitrogens with one attached hydrogen (secondary N) is 1. The predicted octanol–water partition coefficient (Wildman–Crippen LogP) is 5.17. The quantitative estimate of drug-likeness (QED) is 0.780. The summed E-state index contributed by atoms with van der Waals surface area (Å²) < 4.78 is 0. The van der Waals surface area contributed by atoms with Gasteiger partial charge in [0.2, 0.25) is 0 Å². The Bertz CT molecular complexity index is 421. The van der Waals surface area contributed by atoms with E-state index in [4.69, 9.17) is 0 Å². The Morgan fingerprint density at radius 2 is 1.60 bits per heavy atom. The number of hydrogen-bond donors (Lipinski definition) is 1. The van der Waals surface area contributed by atoms with Crippen LogP contribution in [0.4, 0.5) is 0 Å². The van der Waals surface area contributed by atoms with Crippen LogP contribution in [0.2, 0.25) is 0 Å². The van der Waals surface area contributed by atoms with Crippen LogP contribution in [-0.4, -0.2) is 7.05 Å². The minimum Gasteiger partial charge on any atom is -0.313 e. The Balaban J connectivity index is 2.37. The number of benzene rings is 1. The molecule has 1 nitrogen and oxygen atoms in total. The third-order valence-electron chi connectivity index (χ3n) is 4.89. The molecule has 0 aromatic heterocycles. The fraction of sp³-hybridized carbons (Fsp3) is 0.684. The molecule has 1 heteroatoms. The summed E-state index contributed by atoms with van der Waals surface area (Å²) in [5.74, 6) is 0.773. The Labute approximate surface area is 125 Å². The summed E-state index contributed by atoms with van der Waals surface area (Å²) >= 11 is 0. The second kappa shape index (κ2) is 6.30. The highest BCUT2D eigenvalue weighted by Gasteiger charge is 2.41. The van der Waals surface area contributed by atoms with Crippen LogP contribution in [0, 0.1) is 25.2 Å². The van der Waals surface area contributed by atoms with Crippen molar-refractivity contribution in [2.24, 2.45) is 11.3 Å². The van der Waals surface area contributed by atoms with Gasteiger partial charge in [0.25, 0.3) is 0 Å². The van der Waals surface area contributed by atoms with E-state index in [-0.39, 0.29) is 0 Å². The van der Waals surface area contributed by atoms with Gasteiger partial charge in [0.05, 0.1) is 0 Å². The second-order valence-electron chi connectivity index (χ2n) is 7.31. The summed E-state index contributed by atoms with van der Waals surface area (Å²) in [6.07, 6.45) is 6.89. The molecule has 0 saturated heterocycles. The summed E-state index contributed by atoms with van der Waals surface area (Å²) in [6, 6.07) is 7.55. The van der Waals surface area contributed by atoms with E-state index < -0.39 is 0 Å². The number of rotatable bonds is 5. The molecule has 2 rings (SSSR count). The van der Waals surface area contributed by atoms with Crippen LogP contribution in [0.5, 0.6) is 0 Å². The van der Waals surface area contributed by atoms with E-state index in [2.05, 4.69) is 58.3 Å². The Morgan fingerprint density at radius 3 is 2.05 bits per heavy atom. The van der Waals surface area contributed by atoms with Crippen molar-refractivity contribution in [3.63, 3.8) is 0 Å². The highest BCUT2D eigenvalue weighted by Crippen LogP contribution is 2.51. The summed E-state index contributed by atoms with van der Waals surface area (Å²) in [4.78, 5) is 0. The molecule has 1 aliphatic carbocycles. The fourth-order valence-corrected chi connectivity index (χ4v) is 4.51. The second-order valence-corrected chi connectivity index (χ2v) is 7.31. The molecule has 1 aromatic rings. The maximum Gasteiger partial charge on any atom is 0.0375 e. The number of hydrogen-bond acceptors (Lipinski definition) is 1. The summed E-state index contributed by atoms with van der Waals surface area (Å²) in [5.41, 5.74) is 4.73. The average Bonchev–Trinajstić information content (AvgIpc) is 2.76. The molecule has 1 aromatic carbocycles. The normalized spacial score (nSPS) is 19.5. The van der Waals surface area contributed by atoms with Gasteiger partial charge < -0.3 is 5.32 Å². The molecule has 0 amide bonds. The van der Waals surface area contributed by atoms with Gasteiger partial charge >= 0.3 is 0 Å². The van der Waals surface area contributed by atoms with E-state index in [0.717, 1.165) is 5.92 Å². The Hall–Kier alpha value is -0.820. The SMILES string of the molecule is CNC(c1cc(C)cc(C)c1)C1(CC(C)C)CCCC1. The molecule has 1 N–H and O–H groups in total. The van der Waals surface area contributed by atoms with Crippen molar-refractivity contribution >= 4 is 0 Å². The maximum atomic E-state index is 3.66. The van der Waals surface area contributed by atoms with E-state index >= 15 is 0 Å². The summed E-state index contributed by atoms with van der Waals surface area (Å²) in [6.45, 7) is 9.17. The molecule has 1 atom stereocenters. The largest absolute Gasteiger partial charge is 0.313 e. The lowest BCUT2D eigenvalue weighted by molar-refractivity contribution is 0.161. The lowest BCUT2D eigenvalue weighted by Gasteiger charge is -2.39. The highest BCUT2D eigenvalue weighted by atomic mass is 14.9. The van der Waals surface area contributed by atoms with Gasteiger partial charge in [0.15, 0.2) is 0 Å². The molecule has 1 aliphatic rings. The smallest absolute Gasteiger partial charge is 0.0375 e. The van der Waals surface area contributed by atoms with Crippen LogP contribution in [-0.2, 0) is 0 Å². The van der Waals surface area contributed by atoms with E-state index in [0.29, 0.717) is 11.5 Å². The molecule has 1 saturated carbocycles. The van der Waals surface area contributed by atoms with E-state index in [9.17, 15) is 0 Å². The van der Waals surface area contributed by atoms with Crippen LogP contribution in [0.3, 0.4) is 0 Å². The third kappa shape index (κ3) is 3.25. The van der Waals surface area contributed by atoms with Crippen molar-refractivity contribution in [3.05, 3.63) is 34.9 Å². The zero-order chi connectivity index (χ0) is 14.8. The molecule has 0 radical (unpaired) electrons. The monoisotopic (exact) mass is 273 g/mol. The van der Waals surface area contributed by atoms with Crippen molar-refractivity contribution < 1.29 is 0 Å². The van der Waals surface area contributed by atoms with Crippen LogP contribution >= 0.6 is 0 Å². The average molecular weight is 273 g/mol. The van der Waals surface area contributed by atoms with E-state index in [1.165, 1.54) is 48.8 Å². The highest BCUT2D eigenvalue weighted by molar-refractivity contribution is 5.32. The molecule has 20 heavy (non-hydrogen) atoms. The standard InChI is InChI=1S/C19H31N/c1-14(2)13-19(8-6-7-9-19)18(20-5)17-11-15(3)10-16(4)12-17/h10-12,14,18,20H,6-9,13H2,1-5H3. The van der Waals surface area contributed by atoms with Gasteiger partial charge in [-0.3, -0.25) is 0 Å². The molecule has 0 heterocycles. The topological polar surface area (TPSA) is 12.0 Å². The van der Waals surface area contributed by atoms with E-state index in [1.807, 2.05) is 0 Å². The first-order valence-corrected chi connectivity index (χ1v) is 8.22. The first-order valence-electron chi connectivity index (χ1n) is 8.22. The van der Waals surface area contributed by atoms with Crippen molar-refractivity contribution in [1.82, 2.24) is 5.32 Å². The lowest BCUT2D eigenvalue weighted by atomic mass is 9.70. The van der Waals surface area contributed by atoms with Crippen molar-refractivity contribution in [1.29, 1.82) is 0 Å². The van der Waals surface area contributed by atoms with Gasteiger partial charge in [-0.15, -0.1) is 0 Å². The molecule has 0 bridgehead atoms. The van der Waals surface area contributed by atoms with Gasteiger partial charge in [-0.1, -0.05) is 56.0 Å². The zero-order valence-corrected chi connectivity index (χ0v) is 13.9. The summed E-state index contributed by atoms with van der Waals surface area (Å²) in [7, 11) is 2.14. The first kappa shape index (κ1) is 15.6. The van der Waals surface area contributed by atoms with Gasteiger partial charge in [-0.25, -0.2) is 0 Å². The molecule has 112 valence electrons. The minimum absolute atomic E-state index is 0.461. The molecule has 0 aliphatic heterocycles. The molecule has 0 spiro atoms. The van der Waals surface area contributed by atoms with Crippen LogP contribution < -0.4 is 5.32 Å². The van der Waals surface area contributed by atoms with Crippen molar-refractivity contribution in [3.8, 4) is 0 Å². The molecule has 1 fully saturated rings. The van der Waals surface area contributed by atoms with E-state index in [1.54, 1.807) is 0 Å². The van der Waals surface area contributed by atoms with Crippen LogP contribution in [0.15, 0.2) is 18.2 Å². The Morgan fingerprint density at radius 1 is 1.05 bits per heavy atom. The molecule has 1 unspecified atom stereocenters. The maximum absolute atomic E-state index is 3.66. The zero-order valence-electron chi connectivity index (χ0n) is 13.9. The predicted molar refractivity (Wildman–Crippen MR) is 88.1 cm³/mol. The molecular weight excluding hydrogens is 242 g/mol. The van der Waals surface area contributed by atoms with Gasteiger partial charge in [-0.2, -0.15) is 0 Å². The molecular formula is C19H31N. The first-order chi connectivity index (χ1) is 9.47. The third-order valence-corrected chi connectivity index (χ3v) is 4.89. The van der Waals surface area contributed by atoms with Crippen LogP contribution in [0.1, 0.15) is 68.7 Å². The van der Waals surface area contributed by atoms with Crippen molar-refractivity contribution in [2.75, 3.05) is 7.05 Å². The van der Waals surface area contributed by atoms with Gasteiger partial charge in [0, 0.05) is 6.04 Å². The lowest BCUT2D eigenvalue weighted by Crippen LogP contribution is -2.36. The fourth-order valence-electron chi connectivity index (χ4n) is 4.51.